The molecule has 0 radical (unpaired) electrons. The molecule has 15 heavy (non-hydrogen) atoms. The molecule has 0 unspecified atom stereocenters. The molecule has 0 amide bonds. The molecule has 1 aliphatic heterocycles. The van der Waals surface area contributed by atoms with Gasteiger partial charge in [-0.3, -0.25) is 4.79 Å². The zero-order valence-electron chi connectivity index (χ0n) is 8.95. The molecule has 0 N–H and O–H groups in total. The minimum atomic E-state index is -0.260. The van der Waals surface area contributed by atoms with Gasteiger partial charge in [-0.15, -0.1) is 0 Å². The average molecular weight is 206 g/mol. The van der Waals surface area contributed by atoms with Crippen molar-refractivity contribution < 1.29 is 14.3 Å². The normalized spacial score (nSPS) is 16.9. The molecule has 1 aromatic rings. The second-order valence-electron chi connectivity index (χ2n) is 3.76. The van der Waals surface area contributed by atoms with E-state index >= 15 is 0 Å². The Labute approximate surface area is 89.0 Å². The van der Waals surface area contributed by atoms with Gasteiger partial charge in [0.05, 0.1) is 13.2 Å². The van der Waals surface area contributed by atoms with E-state index < -0.39 is 0 Å². The highest BCUT2D eigenvalue weighted by atomic mass is 16.7. The van der Waals surface area contributed by atoms with Crippen molar-refractivity contribution in [2.45, 2.75) is 20.1 Å². The van der Waals surface area contributed by atoms with Crippen molar-refractivity contribution in [3.8, 4) is 0 Å². The maximum Gasteiger partial charge on any atom is 0.184 e. The second kappa shape index (κ2) is 4.13. The van der Waals surface area contributed by atoms with Gasteiger partial charge in [0.2, 0.25) is 0 Å². The summed E-state index contributed by atoms with van der Waals surface area (Å²) in [6.45, 7) is 5.16. The molecule has 2 rings (SSSR count). The molecule has 0 aliphatic carbocycles. The van der Waals surface area contributed by atoms with Crippen LogP contribution in [0.1, 0.15) is 33.3 Å². The lowest BCUT2D eigenvalue weighted by Crippen LogP contribution is -2.03. The maximum atomic E-state index is 10.7. The first kappa shape index (κ1) is 10.3. The van der Waals surface area contributed by atoms with Crippen LogP contribution in [0.3, 0.4) is 0 Å². The van der Waals surface area contributed by atoms with Gasteiger partial charge in [-0.1, -0.05) is 6.07 Å². The largest absolute Gasteiger partial charge is 0.346 e. The van der Waals surface area contributed by atoms with Crippen LogP contribution in [-0.2, 0) is 9.47 Å². The predicted octanol–water partition coefficient (Wildman–Crippen LogP) is 2.16. The smallest absolute Gasteiger partial charge is 0.184 e. The van der Waals surface area contributed by atoms with Gasteiger partial charge < -0.3 is 9.47 Å². The Kier molecular flexibility index (Phi) is 2.84. The van der Waals surface area contributed by atoms with Crippen LogP contribution in [0.15, 0.2) is 12.1 Å². The van der Waals surface area contributed by atoms with E-state index in [-0.39, 0.29) is 6.29 Å². The van der Waals surface area contributed by atoms with E-state index in [0.29, 0.717) is 13.2 Å². The molecule has 1 aliphatic rings. The molecule has 0 bridgehead atoms. The SMILES string of the molecule is Cc1cc(C2OCCO2)c(C)cc1C=O. The number of carbonyl (C=O) groups is 1. The molecule has 3 heteroatoms. The minimum absolute atomic E-state index is 0.260. The molecular formula is C12H14O3. The Bertz CT molecular complexity index is 379. The molecule has 0 atom stereocenters. The summed E-state index contributed by atoms with van der Waals surface area (Å²) < 4.78 is 10.9. The van der Waals surface area contributed by atoms with Crippen molar-refractivity contribution in [1.82, 2.24) is 0 Å². The second-order valence-corrected chi connectivity index (χ2v) is 3.76. The first-order valence-electron chi connectivity index (χ1n) is 5.02. The summed E-state index contributed by atoms with van der Waals surface area (Å²) in [7, 11) is 0. The van der Waals surface area contributed by atoms with E-state index in [0.717, 1.165) is 28.5 Å². The number of hydrogen-bond donors (Lipinski definition) is 0. The third-order valence-electron chi connectivity index (χ3n) is 2.66. The van der Waals surface area contributed by atoms with Gasteiger partial charge in [0, 0.05) is 11.1 Å². The average Bonchev–Trinajstić information content (AvgIpc) is 2.74. The van der Waals surface area contributed by atoms with Gasteiger partial charge in [-0.05, 0) is 31.0 Å². The molecule has 1 heterocycles. The molecule has 80 valence electrons. The summed E-state index contributed by atoms with van der Waals surface area (Å²) in [6, 6.07) is 3.84. The van der Waals surface area contributed by atoms with Crippen LogP contribution in [-0.4, -0.2) is 19.5 Å². The highest BCUT2D eigenvalue weighted by Gasteiger charge is 2.20. The van der Waals surface area contributed by atoms with Crippen molar-refractivity contribution in [2.75, 3.05) is 13.2 Å². The zero-order valence-corrected chi connectivity index (χ0v) is 8.95. The molecule has 1 saturated heterocycles. The molecule has 0 spiro atoms. The Balaban J connectivity index is 2.39. The van der Waals surface area contributed by atoms with Gasteiger partial charge in [-0.2, -0.15) is 0 Å². The van der Waals surface area contributed by atoms with Crippen LogP contribution in [0.25, 0.3) is 0 Å². The molecule has 0 saturated carbocycles. The first-order valence-corrected chi connectivity index (χ1v) is 5.02. The number of hydrogen-bond acceptors (Lipinski definition) is 3. The van der Waals surface area contributed by atoms with E-state index in [2.05, 4.69) is 0 Å². The van der Waals surface area contributed by atoms with E-state index in [1.807, 2.05) is 26.0 Å². The molecule has 3 nitrogen and oxygen atoms in total. The Morgan fingerprint density at radius 2 is 1.87 bits per heavy atom. The first-order chi connectivity index (χ1) is 7.22. The Morgan fingerprint density at radius 3 is 2.47 bits per heavy atom. The fourth-order valence-corrected chi connectivity index (χ4v) is 1.78. The van der Waals surface area contributed by atoms with Crippen molar-refractivity contribution >= 4 is 6.29 Å². The van der Waals surface area contributed by atoms with E-state index in [1.54, 1.807) is 0 Å². The lowest BCUT2D eigenvalue weighted by molar-refractivity contribution is -0.0445. The van der Waals surface area contributed by atoms with Crippen molar-refractivity contribution in [3.05, 3.63) is 34.4 Å². The van der Waals surface area contributed by atoms with Crippen LogP contribution in [0.4, 0.5) is 0 Å². The number of rotatable bonds is 2. The number of aldehydes is 1. The van der Waals surface area contributed by atoms with Crippen LogP contribution >= 0.6 is 0 Å². The maximum absolute atomic E-state index is 10.7. The van der Waals surface area contributed by atoms with Gasteiger partial charge in [0.25, 0.3) is 0 Å². The molecule has 0 aromatic heterocycles. The monoisotopic (exact) mass is 206 g/mol. The minimum Gasteiger partial charge on any atom is -0.346 e. The fraction of sp³-hybridized carbons (Fsp3) is 0.417. The zero-order chi connectivity index (χ0) is 10.8. The van der Waals surface area contributed by atoms with Crippen molar-refractivity contribution in [1.29, 1.82) is 0 Å². The number of ether oxygens (including phenoxy) is 2. The topological polar surface area (TPSA) is 35.5 Å². The fourth-order valence-electron chi connectivity index (χ4n) is 1.78. The summed E-state index contributed by atoms with van der Waals surface area (Å²) in [4.78, 5) is 10.7. The van der Waals surface area contributed by atoms with Crippen LogP contribution in [0, 0.1) is 13.8 Å². The van der Waals surface area contributed by atoms with Gasteiger partial charge in [0.1, 0.15) is 6.29 Å². The summed E-state index contributed by atoms with van der Waals surface area (Å²) >= 11 is 0. The third kappa shape index (κ3) is 1.94. The highest BCUT2D eigenvalue weighted by molar-refractivity contribution is 5.77. The van der Waals surface area contributed by atoms with E-state index in [9.17, 15) is 4.79 Å². The van der Waals surface area contributed by atoms with Crippen LogP contribution < -0.4 is 0 Å². The molecule has 1 aromatic carbocycles. The van der Waals surface area contributed by atoms with E-state index in [4.69, 9.17) is 9.47 Å². The van der Waals surface area contributed by atoms with Crippen LogP contribution in [0.2, 0.25) is 0 Å². The lowest BCUT2D eigenvalue weighted by atomic mass is 10.0. The number of aryl methyl sites for hydroxylation is 2. The molecule has 1 fully saturated rings. The summed E-state index contributed by atoms with van der Waals surface area (Å²) in [6.07, 6.45) is 0.618. The quantitative estimate of drug-likeness (QED) is 0.695. The summed E-state index contributed by atoms with van der Waals surface area (Å²) in [5, 5.41) is 0. The van der Waals surface area contributed by atoms with Gasteiger partial charge >= 0.3 is 0 Å². The van der Waals surface area contributed by atoms with Crippen molar-refractivity contribution in [2.24, 2.45) is 0 Å². The Morgan fingerprint density at radius 1 is 1.20 bits per heavy atom. The standard InChI is InChI=1S/C12H14O3/c1-8-6-11(12-14-3-4-15-12)9(2)5-10(8)7-13/h5-7,12H,3-4H2,1-2H3. The number of carbonyl (C=O) groups excluding carboxylic acids is 1. The van der Waals surface area contributed by atoms with E-state index in [1.165, 1.54) is 0 Å². The predicted molar refractivity (Wildman–Crippen MR) is 55.9 cm³/mol. The lowest BCUT2D eigenvalue weighted by Gasteiger charge is -2.14. The highest BCUT2D eigenvalue weighted by Crippen LogP contribution is 2.27. The van der Waals surface area contributed by atoms with Crippen LogP contribution in [0.5, 0.6) is 0 Å². The summed E-state index contributed by atoms with van der Waals surface area (Å²) in [5.74, 6) is 0. The van der Waals surface area contributed by atoms with Gasteiger partial charge in [0.15, 0.2) is 6.29 Å². The third-order valence-corrected chi connectivity index (χ3v) is 2.66. The number of benzene rings is 1. The van der Waals surface area contributed by atoms with Gasteiger partial charge in [-0.25, -0.2) is 0 Å². The van der Waals surface area contributed by atoms with Crippen molar-refractivity contribution in [3.63, 3.8) is 0 Å². The summed E-state index contributed by atoms with van der Waals surface area (Å²) in [5.41, 5.74) is 3.75. The molecular weight excluding hydrogens is 192 g/mol. The Hall–Kier alpha value is -1.19.